The van der Waals surface area contributed by atoms with Crippen LogP contribution < -0.4 is 0 Å². The molecule has 4 heteroatoms. The average Bonchev–Trinajstić information content (AvgIpc) is 1.77. The van der Waals surface area contributed by atoms with Gasteiger partial charge in [-0.25, -0.2) is 0 Å². The van der Waals surface area contributed by atoms with Gasteiger partial charge in [0.1, 0.15) is 4.64 Å². The molecule has 0 atom stereocenters. The first kappa shape index (κ1) is 9.17. The molecule has 0 aliphatic heterocycles. The van der Waals surface area contributed by atoms with Crippen LogP contribution >= 0.6 is 12.2 Å². The van der Waals surface area contributed by atoms with Gasteiger partial charge in [0, 0.05) is 29.6 Å². The third kappa shape index (κ3) is 2.49. The molecule has 1 aromatic rings. The molecule has 0 amide bonds. The molecule has 1 aromatic heterocycles. The first-order chi connectivity index (χ1) is 3.80. The van der Waals surface area contributed by atoms with Crippen molar-refractivity contribution in [2.45, 2.75) is 0 Å². The van der Waals surface area contributed by atoms with Gasteiger partial charge in [0.2, 0.25) is 0 Å². The number of rotatable bonds is 0. The van der Waals surface area contributed by atoms with Crippen molar-refractivity contribution in [2.75, 3.05) is 0 Å². The Balaban J connectivity index is 0.000000640. The van der Waals surface area contributed by atoms with Gasteiger partial charge in [-0.2, -0.15) is 0 Å². The second kappa shape index (κ2) is 4.06. The van der Waals surface area contributed by atoms with Gasteiger partial charge in [-0.15, -0.1) is 0 Å². The van der Waals surface area contributed by atoms with Crippen molar-refractivity contribution in [1.82, 2.24) is 4.73 Å². The maximum atomic E-state index is 10.4. The van der Waals surface area contributed by atoms with E-state index in [0.29, 0.717) is 9.37 Å². The van der Waals surface area contributed by atoms with Crippen molar-refractivity contribution in [1.29, 1.82) is 0 Å². The largest absolute Gasteiger partial charge is 0.805 e. The maximum absolute atomic E-state index is 10.4. The van der Waals surface area contributed by atoms with Crippen molar-refractivity contribution in [3.63, 3.8) is 0 Å². The Morgan fingerprint density at radius 1 is 1.44 bits per heavy atom. The van der Waals surface area contributed by atoms with Crippen LogP contribution in [0.3, 0.4) is 0 Å². The topological polar surface area (TPSA) is 28.0 Å². The molecule has 43 valence electrons. The van der Waals surface area contributed by atoms with E-state index in [-0.39, 0.29) is 29.6 Å². The van der Waals surface area contributed by atoms with Crippen molar-refractivity contribution >= 4 is 41.8 Å². The molecule has 0 saturated heterocycles. The second-order valence-electron chi connectivity index (χ2n) is 1.36. The molecule has 0 saturated carbocycles. The fraction of sp³-hybridized carbons (Fsp3) is 0. The zero-order valence-electron chi connectivity index (χ0n) is 5.07. The molecule has 0 aliphatic rings. The minimum absolute atomic E-state index is 0. The molecule has 0 N–H and O–H groups in total. The monoisotopic (exact) mass is 149 g/mol. The minimum Gasteiger partial charge on any atom is -0.805 e. The fourth-order valence-corrected chi connectivity index (χ4v) is 0.552. The van der Waals surface area contributed by atoms with Gasteiger partial charge in [0.15, 0.2) is 0 Å². The van der Waals surface area contributed by atoms with Gasteiger partial charge in [-0.05, 0) is 18.3 Å². The van der Waals surface area contributed by atoms with Gasteiger partial charge in [-0.3, -0.25) is 0 Å². The summed E-state index contributed by atoms with van der Waals surface area (Å²) in [7, 11) is 0. The number of aromatic nitrogens is 1. The Bertz CT molecular complexity index is 234. The van der Waals surface area contributed by atoms with Crippen molar-refractivity contribution in [3.05, 3.63) is 34.2 Å². The quantitative estimate of drug-likeness (QED) is 0.409. The van der Waals surface area contributed by atoms with Gasteiger partial charge in [-0.1, -0.05) is 18.3 Å². The third-order valence-corrected chi connectivity index (χ3v) is 1.10. The standard InChI is InChI=1S/C5H4NOS.Na/c7-6-4-2-1-3-5(6)8;/h1-4H;/q-1;. The van der Waals surface area contributed by atoms with Crippen molar-refractivity contribution < 1.29 is 0 Å². The summed E-state index contributed by atoms with van der Waals surface area (Å²) in [5, 5.41) is 10.4. The Kier molecular flexibility index (Phi) is 4.14. The van der Waals surface area contributed by atoms with Crippen LogP contribution in [0.5, 0.6) is 0 Å². The Morgan fingerprint density at radius 2 is 2.11 bits per heavy atom. The molecule has 0 fully saturated rings. The van der Waals surface area contributed by atoms with Gasteiger partial charge >= 0.3 is 0 Å². The Morgan fingerprint density at radius 3 is 2.44 bits per heavy atom. The SMILES string of the molecule is [Na].[O-]n1ccccc1=S. The zero-order valence-corrected chi connectivity index (χ0v) is 7.89. The molecular formula is C5H4NNaOS-. The fourth-order valence-electron chi connectivity index (χ4n) is 0.413. The van der Waals surface area contributed by atoms with Gasteiger partial charge in [0.25, 0.3) is 0 Å². The predicted molar refractivity (Wildman–Crippen MR) is 39.8 cm³/mol. The maximum Gasteiger partial charge on any atom is 0.101 e. The van der Waals surface area contributed by atoms with E-state index < -0.39 is 0 Å². The second-order valence-corrected chi connectivity index (χ2v) is 1.78. The molecule has 0 aromatic carbocycles. The van der Waals surface area contributed by atoms with Crippen LogP contribution in [0.25, 0.3) is 0 Å². The van der Waals surface area contributed by atoms with Crippen LogP contribution in [-0.4, -0.2) is 34.3 Å². The van der Waals surface area contributed by atoms with Crippen LogP contribution in [0, 0.1) is 9.85 Å². The molecule has 0 bridgehead atoms. The smallest absolute Gasteiger partial charge is 0.101 e. The molecule has 0 unspecified atom stereocenters. The van der Waals surface area contributed by atoms with E-state index in [4.69, 9.17) is 0 Å². The van der Waals surface area contributed by atoms with Crippen LogP contribution in [0.2, 0.25) is 0 Å². The summed E-state index contributed by atoms with van der Waals surface area (Å²) in [6.45, 7) is 0. The molecule has 1 heterocycles. The summed E-state index contributed by atoms with van der Waals surface area (Å²) in [5.74, 6) is 0. The van der Waals surface area contributed by atoms with E-state index in [1.165, 1.54) is 6.20 Å². The van der Waals surface area contributed by atoms with Gasteiger partial charge < -0.3 is 9.94 Å². The first-order valence-electron chi connectivity index (χ1n) is 2.16. The van der Waals surface area contributed by atoms with E-state index in [9.17, 15) is 5.21 Å². The number of pyridine rings is 1. The summed E-state index contributed by atoms with van der Waals surface area (Å²) < 4.78 is 0.961. The number of nitrogens with zero attached hydrogens (tertiary/aromatic N) is 1. The first-order valence-corrected chi connectivity index (χ1v) is 2.57. The summed E-state index contributed by atoms with van der Waals surface area (Å²) >= 11 is 4.60. The average molecular weight is 149 g/mol. The van der Waals surface area contributed by atoms with Crippen LogP contribution in [-0.2, 0) is 0 Å². The van der Waals surface area contributed by atoms with E-state index in [2.05, 4.69) is 12.2 Å². The molecule has 1 rings (SSSR count). The van der Waals surface area contributed by atoms with Crippen molar-refractivity contribution in [3.8, 4) is 0 Å². The number of hydrogen-bond acceptors (Lipinski definition) is 2. The molecule has 9 heavy (non-hydrogen) atoms. The normalized spacial score (nSPS) is 8.00. The molecule has 2 nitrogen and oxygen atoms in total. The van der Waals surface area contributed by atoms with E-state index in [1.807, 2.05) is 0 Å². The third-order valence-electron chi connectivity index (χ3n) is 0.789. The Labute approximate surface area is 80.4 Å². The molecule has 0 aliphatic carbocycles. The molecule has 1 radical (unpaired) electrons. The van der Waals surface area contributed by atoms with Gasteiger partial charge in [0.05, 0.1) is 0 Å². The van der Waals surface area contributed by atoms with E-state index >= 15 is 0 Å². The van der Waals surface area contributed by atoms with Crippen LogP contribution in [0.4, 0.5) is 0 Å². The van der Waals surface area contributed by atoms with Crippen molar-refractivity contribution in [2.24, 2.45) is 0 Å². The number of hydrogen-bond donors (Lipinski definition) is 0. The summed E-state index contributed by atoms with van der Waals surface area (Å²) in [5.41, 5.74) is 0. The van der Waals surface area contributed by atoms with Crippen LogP contribution in [0.1, 0.15) is 0 Å². The summed E-state index contributed by atoms with van der Waals surface area (Å²) in [6, 6.07) is 4.96. The predicted octanol–water partition coefficient (Wildman–Crippen LogP) is 1.18. The van der Waals surface area contributed by atoms with Crippen LogP contribution in [0.15, 0.2) is 24.4 Å². The summed E-state index contributed by atoms with van der Waals surface area (Å²) in [6.07, 6.45) is 1.38. The zero-order chi connectivity index (χ0) is 5.98. The minimum atomic E-state index is 0. The Hall–Kier alpha value is 0.170. The summed E-state index contributed by atoms with van der Waals surface area (Å²) in [4.78, 5) is 0. The van der Waals surface area contributed by atoms with E-state index in [1.54, 1.807) is 18.2 Å². The molecular weight excluding hydrogens is 145 g/mol. The van der Waals surface area contributed by atoms with E-state index in [0.717, 1.165) is 0 Å². The molecule has 0 spiro atoms.